The zero-order valence-electron chi connectivity index (χ0n) is 14.4. The average molecular weight is 452 g/mol. The number of carbonyl (C=O) groups excluding carboxylic acids is 2. The SMILES string of the molecule is CN(CC(=O)Nc1ccc(Cl)c(Cl)c1)C(=O)CSc1ccc(C(F)(F)F)cn1. The van der Waals surface area contributed by atoms with E-state index >= 15 is 0 Å². The van der Waals surface area contributed by atoms with Crippen molar-refractivity contribution in [2.75, 3.05) is 24.7 Å². The summed E-state index contributed by atoms with van der Waals surface area (Å²) in [5.74, 6) is -0.891. The van der Waals surface area contributed by atoms with Crippen molar-refractivity contribution in [1.82, 2.24) is 9.88 Å². The molecular formula is C17H14Cl2F3N3O2S. The van der Waals surface area contributed by atoms with Crippen LogP contribution in [0.15, 0.2) is 41.6 Å². The van der Waals surface area contributed by atoms with Crippen molar-refractivity contribution in [2.45, 2.75) is 11.2 Å². The molecule has 150 valence electrons. The number of hydrogen-bond acceptors (Lipinski definition) is 4. The van der Waals surface area contributed by atoms with Crippen molar-refractivity contribution < 1.29 is 22.8 Å². The fourth-order valence-corrected chi connectivity index (χ4v) is 3.04. The van der Waals surface area contributed by atoms with Gasteiger partial charge in [0.2, 0.25) is 11.8 Å². The van der Waals surface area contributed by atoms with Crippen LogP contribution in [0, 0.1) is 0 Å². The zero-order valence-corrected chi connectivity index (χ0v) is 16.7. The quantitative estimate of drug-likeness (QED) is 0.652. The summed E-state index contributed by atoms with van der Waals surface area (Å²) in [5.41, 5.74) is -0.428. The number of aromatic nitrogens is 1. The normalized spacial score (nSPS) is 11.2. The maximum absolute atomic E-state index is 12.5. The maximum Gasteiger partial charge on any atom is 0.417 e. The van der Waals surface area contributed by atoms with Crippen LogP contribution in [0.3, 0.4) is 0 Å². The molecule has 0 aliphatic heterocycles. The zero-order chi connectivity index (χ0) is 20.9. The van der Waals surface area contributed by atoms with E-state index in [4.69, 9.17) is 23.2 Å². The van der Waals surface area contributed by atoms with Gasteiger partial charge in [0.25, 0.3) is 0 Å². The van der Waals surface area contributed by atoms with Crippen LogP contribution >= 0.6 is 35.0 Å². The lowest BCUT2D eigenvalue weighted by molar-refractivity contribution is -0.137. The van der Waals surface area contributed by atoms with Crippen LogP contribution in [0.4, 0.5) is 18.9 Å². The third-order valence-corrected chi connectivity index (χ3v) is 5.08. The van der Waals surface area contributed by atoms with Crippen LogP contribution in [0.1, 0.15) is 5.56 Å². The molecule has 0 aliphatic rings. The number of nitrogens with one attached hydrogen (secondary N) is 1. The summed E-state index contributed by atoms with van der Waals surface area (Å²) in [5, 5.41) is 3.49. The Balaban J connectivity index is 1.83. The van der Waals surface area contributed by atoms with Crippen molar-refractivity contribution in [3.63, 3.8) is 0 Å². The molecule has 2 aromatic rings. The number of thioether (sulfide) groups is 1. The van der Waals surface area contributed by atoms with Crippen molar-refractivity contribution >= 4 is 52.5 Å². The first-order valence-corrected chi connectivity index (χ1v) is 9.45. The Morgan fingerprint density at radius 3 is 2.46 bits per heavy atom. The monoisotopic (exact) mass is 451 g/mol. The van der Waals surface area contributed by atoms with Gasteiger partial charge < -0.3 is 10.2 Å². The van der Waals surface area contributed by atoms with E-state index in [1.54, 1.807) is 6.07 Å². The van der Waals surface area contributed by atoms with Gasteiger partial charge in [-0.25, -0.2) is 4.98 Å². The summed E-state index contributed by atoms with van der Waals surface area (Å²) >= 11 is 12.6. The molecule has 5 nitrogen and oxygen atoms in total. The summed E-state index contributed by atoms with van der Waals surface area (Å²) < 4.78 is 37.5. The second kappa shape index (κ2) is 9.49. The minimum absolute atomic E-state index is 0.0745. The van der Waals surface area contributed by atoms with E-state index in [2.05, 4.69) is 10.3 Å². The van der Waals surface area contributed by atoms with Gasteiger partial charge in [0, 0.05) is 18.9 Å². The number of carbonyl (C=O) groups is 2. The molecule has 0 fully saturated rings. The second-order valence-corrected chi connectivity index (χ2v) is 7.41. The van der Waals surface area contributed by atoms with Gasteiger partial charge in [-0.05, 0) is 30.3 Å². The van der Waals surface area contributed by atoms with Crippen molar-refractivity contribution in [1.29, 1.82) is 0 Å². The average Bonchev–Trinajstić information content (AvgIpc) is 2.62. The maximum atomic E-state index is 12.5. The molecule has 0 spiro atoms. The van der Waals surface area contributed by atoms with Gasteiger partial charge in [-0.15, -0.1) is 0 Å². The number of pyridine rings is 1. The number of amides is 2. The Hall–Kier alpha value is -1.97. The van der Waals surface area contributed by atoms with E-state index in [0.29, 0.717) is 16.9 Å². The Kier molecular flexibility index (Phi) is 7.56. The van der Waals surface area contributed by atoms with Crippen LogP contribution in [-0.4, -0.2) is 41.0 Å². The highest BCUT2D eigenvalue weighted by Gasteiger charge is 2.30. The van der Waals surface area contributed by atoms with Gasteiger partial charge >= 0.3 is 6.18 Å². The fraction of sp³-hybridized carbons (Fsp3) is 0.235. The lowest BCUT2D eigenvalue weighted by Crippen LogP contribution is -2.35. The molecule has 1 aromatic heterocycles. The molecule has 2 amide bonds. The summed E-state index contributed by atoms with van der Waals surface area (Å²) in [4.78, 5) is 29.0. The lowest BCUT2D eigenvalue weighted by atomic mass is 10.3. The lowest BCUT2D eigenvalue weighted by Gasteiger charge is -2.16. The predicted octanol–water partition coefficient (Wildman–Crippen LogP) is 4.60. The van der Waals surface area contributed by atoms with E-state index in [0.717, 1.165) is 17.8 Å². The second-order valence-electron chi connectivity index (χ2n) is 5.60. The van der Waals surface area contributed by atoms with Gasteiger partial charge in [-0.2, -0.15) is 13.2 Å². The molecule has 1 heterocycles. The first-order chi connectivity index (χ1) is 13.1. The highest BCUT2D eigenvalue weighted by Crippen LogP contribution is 2.29. The van der Waals surface area contributed by atoms with Gasteiger partial charge in [0.15, 0.2) is 0 Å². The van der Waals surface area contributed by atoms with Crippen LogP contribution < -0.4 is 5.32 Å². The molecule has 0 aliphatic carbocycles. The van der Waals surface area contributed by atoms with E-state index < -0.39 is 17.6 Å². The first-order valence-electron chi connectivity index (χ1n) is 7.71. The molecule has 0 radical (unpaired) electrons. The molecule has 1 N–H and O–H groups in total. The Labute approximate surface area is 173 Å². The molecule has 11 heteroatoms. The molecule has 0 unspecified atom stereocenters. The summed E-state index contributed by atoms with van der Waals surface area (Å²) in [6.45, 7) is -0.208. The van der Waals surface area contributed by atoms with Crippen molar-refractivity contribution in [3.05, 3.63) is 52.1 Å². The summed E-state index contributed by atoms with van der Waals surface area (Å²) in [7, 11) is 1.44. The fourth-order valence-electron chi connectivity index (χ4n) is 1.96. The minimum atomic E-state index is -4.46. The van der Waals surface area contributed by atoms with Crippen LogP contribution in [0.2, 0.25) is 10.0 Å². The largest absolute Gasteiger partial charge is 0.417 e. The van der Waals surface area contributed by atoms with Crippen LogP contribution in [0.5, 0.6) is 0 Å². The highest BCUT2D eigenvalue weighted by molar-refractivity contribution is 7.99. The molecule has 0 saturated carbocycles. The smallest absolute Gasteiger partial charge is 0.336 e. The number of benzene rings is 1. The van der Waals surface area contributed by atoms with E-state index in [9.17, 15) is 22.8 Å². The predicted molar refractivity (Wildman–Crippen MR) is 103 cm³/mol. The Morgan fingerprint density at radius 2 is 1.89 bits per heavy atom. The molecule has 2 rings (SSSR count). The number of nitrogens with zero attached hydrogens (tertiary/aromatic N) is 2. The number of likely N-dealkylation sites (N-methyl/N-ethyl adjacent to an activating group) is 1. The van der Waals surface area contributed by atoms with Crippen molar-refractivity contribution in [3.8, 4) is 0 Å². The van der Waals surface area contributed by atoms with Gasteiger partial charge in [0.1, 0.15) is 0 Å². The number of halogens is 5. The topological polar surface area (TPSA) is 62.3 Å². The minimum Gasteiger partial charge on any atom is -0.336 e. The van der Waals surface area contributed by atoms with Crippen LogP contribution in [-0.2, 0) is 15.8 Å². The Bertz CT molecular complexity index is 864. The molecule has 1 aromatic carbocycles. The standard InChI is InChI=1S/C17H14Cl2F3N3O2S/c1-25(8-14(26)24-11-3-4-12(18)13(19)6-11)16(27)9-28-15-5-2-10(7-23-15)17(20,21)22/h2-7H,8-9H2,1H3,(H,24,26). The summed E-state index contributed by atoms with van der Waals surface area (Å²) in [6.07, 6.45) is -3.75. The third kappa shape index (κ3) is 6.57. The van der Waals surface area contributed by atoms with E-state index in [-0.39, 0.29) is 28.3 Å². The highest BCUT2D eigenvalue weighted by atomic mass is 35.5. The molecule has 0 bridgehead atoms. The third-order valence-electron chi connectivity index (χ3n) is 3.42. The summed E-state index contributed by atoms with van der Waals surface area (Å²) in [6, 6.07) is 6.67. The van der Waals surface area contributed by atoms with Gasteiger partial charge in [-0.3, -0.25) is 9.59 Å². The van der Waals surface area contributed by atoms with Gasteiger partial charge in [-0.1, -0.05) is 35.0 Å². The van der Waals surface area contributed by atoms with Crippen LogP contribution in [0.25, 0.3) is 0 Å². The number of alkyl halides is 3. The van der Waals surface area contributed by atoms with E-state index in [1.165, 1.54) is 30.1 Å². The molecular weight excluding hydrogens is 438 g/mol. The Morgan fingerprint density at radius 1 is 1.18 bits per heavy atom. The van der Waals surface area contributed by atoms with Crippen molar-refractivity contribution in [2.24, 2.45) is 0 Å². The molecule has 0 saturated heterocycles. The number of rotatable bonds is 6. The number of hydrogen-bond donors (Lipinski definition) is 1. The number of anilines is 1. The molecule has 0 atom stereocenters. The van der Waals surface area contributed by atoms with E-state index in [1.807, 2.05) is 0 Å². The van der Waals surface area contributed by atoms with Gasteiger partial charge in [0.05, 0.1) is 32.9 Å². The molecule has 28 heavy (non-hydrogen) atoms. The first kappa shape index (κ1) is 22.3.